The summed E-state index contributed by atoms with van der Waals surface area (Å²) in [6.45, 7) is 5.50. The van der Waals surface area contributed by atoms with Crippen molar-refractivity contribution in [2.75, 3.05) is 50.0 Å². The zero-order chi connectivity index (χ0) is 24.9. The zero-order valence-electron chi connectivity index (χ0n) is 20.5. The normalized spacial score (nSPS) is 18.0. The predicted molar refractivity (Wildman–Crippen MR) is 138 cm³/mol. The van der Waals surface area contributed by atoms with E-state index in [-0.39, 0.29) is 17.7 Å². The minimum Gasteiger partial charge on any atom is -0.384 e. The Bertz CT molecular complexity index is 1130. The van der Waals surface area contributed by atoms with Crippen LogP contribution in [-0.4, -0.2) is 54.2 Å². The molecule has 3 heterocycles. The van der Waals surface area contributed by atoms with E-state index in [2.05, 4.69) is 14.8 Å². The summed E-state index contributed by atoms with van der Waals surface area (Å²) in [5.74, 6) is 1.43. The standard InChI is InChI=1S/C28H33F2N5O/c29-23-7-3-20(4-8-23)27(36-18-17-34-13-1-2-14-34)21-11-15-35(16-12-21)26-19-25(31)32-28(33-26)22-5-9-24(30)10-6-22/h3-10,19,21,27H,1-2,11-18H2,(H2,31,32,33). The molecule has 0 saturated carbocycles. The van der Waals surface area contributed by atoms with Crippen molar-refractivity contribution in [3.63, 3.8) is 0 Å². The van der Waals surface area contributed by atoms with Crippen molar-refractivity contribution >= 4 is 11.6 Å². The van der Waals surface area contributed by atoms with Gasteiger partial charge >= 0.3 is 0 Å². The van der Waals surface area contributed by atoms with Gasteiger partial charge in [0.2, 0.25) is 0 Å². The first kappa shape index (κ1) is 24.6. The van der Waals surface area contributed by atoms with Crippen molar-refractivity contribution in [3.05, 3.63) is 71.8 Å². The fourth-order valence-electron chi connectivity index (χ4n) is 5.25. The van der Waals surface area contributed by atoms with E-state index in [1.54, 1.807) is 18.2 Å². The van der Waals surface area contributed by atoms with Crippen LogP contribution in [0.2, 0.25) is 0 Å². The van der Waals surface area contributed by atoms with E-state index in [0.29, 0.717) is 24.2 Å². The summed E-state index contributed by atoms with van der Waals surface area (Å²) in [5.41, 5.74) is 7.85. The second-order valence-corrected chi connectivity index (χ2v) is 9.70. The summed E-state index contributed by atoms with van der Waals surface area (Å²) >= 11 is 0. The van der Waals surface area contributed by atoms with Gasteiger partial charge in [0.25, 0.3) is 0 Å². The van der Waals surface area contributed by atoms with Crippen LogP contribution in [0, 0.1) is 17.6 Å². The Kier molecular flexibility index (Phi) is 7.72. The van der Waals surface area contributed by atoms with Gasteiger partial charge in [-0.15, -0.1) is 0 Å². The van der Waals surface area contributed by atoms with Crippen molar-refractivity contribution in [2.24, 2.45) is 5.92 Å². The SMILES string of the molecule is Nc1cc(N2CCC(C(OCCN3CCCC3)c3ccc(F)cc3)CC2)nc(-c2ccc(F)cc2)n1. The maximum absolute atomic E-state index is 13.6. The Morgan fingerprint density at radius 2 is 1.53 bits per heavy atom. The summed E-state index contributed by atoms with van der Waals surface area (Å²) in [6, 6.07) is 14.6. The molecular weight excluding hydrogens is 460 g/mol. The molecule has 3 aromatic rings. The minimum atomic E-state index is -0.302. The average molecular weight is 494 g/mol. The third-order valence-electron chi connectivity index (χ3n) is 7.23. The van der Waals surface area contributed by atoms with E-state index >= 15 is 0 Å². The Balaban J connectivity index is 1.26. The largest absolute Gasteiger partial charge is 0.384 e. The average Bonchev–Trinajstić information content (AvgIpc) is 3.41. The maximum Gasteiger partial charge on any atom is 0.163 e. The lowest BCUT2D eigenvalue weighted by Crippen LogP contribution is -2.37. The van der Waals surface area contributed by atoms with Crippen molar-refractivity contribution in [3.8, 4) is 11.4 Å². The molecule has 0 amide bonds. The van der Waals surface area contributed by atoms with Gasteiger partial charge in [0.05, 0.1) is 12.7 Å². The number of ether oxygens (including phenoxy) is 1. The predicted octanol–water partition coefficient (Wildman–Crippen LogP) is 5.07. The van der Waals surface area contributed by atoms with Crippen LogP contribution in [-0.2, 0) is 4.74 Å². The lowest BCUT2D eigenvalue weighted by atomic mass is 9.87. The van der Waals surface area contributed by atoms with Crippen molar-refractivity contribution < 1.29 is 13.5 Å². The van der Waals surface area contributed by atoms with Gasteiger partial charge in [0.1, 0.15) is 23.3 Å². The number of aromatic nitrogens is 2. The van der Waals surface area contributed by atoms with Crippen LogP contribution in [0.5, 0.6) is 0 Å². The van der Waals surface area contributed by atoms with Crippen molar-refractivity contribution in [1.82, 2.24) is 14.9 Å². The van der Waals surface area contributed by atoms with Gasteiger partial charge in [-0.2, -0.15) is 0 Å². The minimum absolute atomic E-state index is 0.0689. The molecule has 2 saturated heterocycles. The summed E-state index contributed by atoms with van der Waals surface area (Å²) in [4.78, 5) is 13.7. The Morgan fingerprint density at radius 3 is 2.19 bits per heavy atom. The number of anilines is 2. The molecule has 5 rings (SSSR count). The Morgan fingerprint density at radius 1 is 0.889 bits per heavy atom. The van der Waals surface area contributed by atoms with Gasteiger partial charge in [0, 0.05) is 31.3 Å². The third-order valence-corrected chi connectivity index (χ3v) is 7.23. The summed E-state index contributed by atoms with van der Waals surface area (Å²) in [6.07, 6.45) is 4.29. The highest BCUT2D eigenvalue weighted by Gasteiger charge is 2.29. The Hall–Kier alpha value is -3.10. The number of benzene rings is 2. The number of piperidine rings is 1. The van der Waals surface area contributed by atoms with E-state index in [1.165, 1.54) is 37.1 Å². The van der Waals surface area contributed by atoms with Gasteiger partial charge in [-0.05, 0) is 86.7 Å². The number of nitrogen functional groups attached to an aromatic ring is 1. The highest BCUT2D eigenvalue weighted by atomic mass is 19.1. The topological polar surface area (TPSA) is 67.5 Å². The highest BCUT2D eigenvalue weighted by Crippen LogP contribution is 2.35. The number of nitrogens with zero attached hydrogens (tertiary/aromatic N) is 4. The van der Waals surface area contributed by atoms with Crippen LogP contribution in [0.1, 0.15) is 37.4 Å². The third kappa shape index (κ3) is 5.99. The lowest BCUT2D eigenvalue weighted by Gasteiger charge is -2.37. The zero-order valence-corrected chi connectivity index (χ0v) is 20.5. The van der Waals surface area contributed by atoms with Crippen LogP contribution in [0.15, 0.2) is 54.6 Å². The quantitative estimate of drug-likeness (QED) is 0.472. The molecule has 36 heavy (non-hydrogen) atoms. The van der Waals surface area contributed by atoms with Crippen LogP contribution in [0.4, 0.5) is 20.4 Å². The monoisotopic (exact) mass is 493 g/mol. The number of halogens is 2. The van der Waals surface area contributed by atoms with Gasteiger partial charge in [-0.3, -0.25) is 0 Å². The summed E-state index contributed by atoms with van der Waals surface area (Å²) in [5, 5.41) is 0. The van der Waals surface area contributed by atoms with Crippen LogP contribution >= 0.6 is 0 Å². The second kappa shape index (κ2) is 11.3. The number of likely N-dealkylation sites (tertiary alicyclic amines) is 1. The Labute approximate surface area is 211 Å². The molecule has 1 atom stereocenters. The van der Waals surface area contributed by atoms with Crippen molar-refractivity contribution in [2.45, 2.75) is 31.8 Å². The number of hydrogen-bond donors (Lipinski definition) is 1. The molecule has 2 N–H and O–H groups in total. The van der Waals surface area contributed by atoms with E-state index in [9.17, 15) is 8.78 Å². The molecule has 2 aliphatic heterocycles. The van der Waals surface area contributed by atoms with Gasteiger partial charge in [-0.1, -0.05) is 12.1 Å². The van der Waals surface area contributed by atoms with Crippen LogP contribution in [0.3, 0.4) is 0 Å². The molecule has 0 spiro atoms. The first-order chi connectivity index (χ1) is 17.5. The summed E-state index contributed by atoms with van der Waals surface area (Å²) in [7, 11) is 0. The molecule has 0 aliphatic carbocycles. The second-order valence-electron chi connectivity index (χ2n) is 9.70. The maximum atomic E-state index is 13.6. The molecule has 2 fully saturated rings. The molecule has 2 aliphatic rings. The van der Waals surface area contributed by atoms with Crippen LogP contribution < -0.4 is 10.6 Å². The molecule has 1 aromatic heterocycles. The highest BCUT2D eigenvalue weighted by molar-refractivity contribution is 5.61. The first-order valence-electron chi connectivity index (χ1n) is 12.8. The van der Waals surface area contributed by atoms with E-state index < -0.39 is 0 Å². The van der Waals surface area contributed by atoms with E-state index in [1.807, 2.05) is 12.1 Å². The lowest BCUT2D eigenvalue weighted by molar-refractivity contribution is -0.00519. The fourth-order valence-corrected chi connectivity index (χ4v) is 5.25. The molecule has 0 radical (unpaired) electrons. The fraction of sp³-hybridized carbons (Fsp3) is 0.429. The number of hydrogen-bond acceptors (Lipinski definition) is 6. The smallest absolute Gasteiger partial charge is 0.163 e. The van der Waals surface area contributed by atoms with Gasteiger partial charge < -0.3 is 20.3 Å². The number of nitrogens with two attached hydrogens (primary N) is 1. The molecule has 0 bridgehead atoms. The molecular formula is C28H33F2N5O. The number of rotatable bonds is 8. The first-order valence-corrected chi connectivity index (χ1v) is 12.8. The van der Waals surface area contributed by atoms with Gasteiger partial charge in [-0.25, -0.2) is 18.7 Å². The molecule has 190 valence electrons. The van der Waals surface area contributed by atoms with Crippen molar-refractivity contribution in [1.29, 1.82) is 0 Å². The van der Waals surface area contributed by atoms with Crippen LogP contribution in [0.25, 0.3) is 11.4 Å². The van der Waals surface area contributed by atoms with E-state index in [0.717, 1.165) is 62.5 Å². The summed E-state index contributed by atoms with van der Waals surface area (Å²) < 4.78 is 33.4. The molecule has 6 nitrogen and oxygen atoms in total. The van der Waals surface area contributed by atoms with E-state index in [4.69, 9.17) is 15.5 Å². The van der Waals surface area contributed by atoms with Gasteiger partial charge in [0.15, 0.2) is 5.82 Å². The molecule has 1 unspecified atom stereocenters. The molecule has 8 heteroatoms. The molecule has 2 aromatic carbocycles.